The number of hydrogen-bond acceptors (Lipinski definition) is 8. The van der Waals surface area contributed by atoms with Gasteiger partial charge in [-0.25, -0.2) is 4.98 Å². The van der Waals surface area contributed by atoms with Crippen molar-refractivity contribution >= 4 is 19.4 Å². The van der Waals surface area contributed by atoms with Crippen molar-refractivity contribution in [3.63, 3.8) is 0 Å². The highest BCUT2D eigenvalue weighted by Crippen LogP contribution is 2.45. The van der Waals surface area contributed by atoms with Gasteiger partial charge >= 0.3 is 0 Å². The molecule has 11 heteroatoms. The van der Waals surface area contributed by atoms with Crippen LogP contribution in [0.2, 0.25) is 18.1 Å². The van der Waals surface area contributed by atoms with Crippen molar-refractivity contribution in [2.45, 2.75) is 69.0 Å². The highest BCUT2D eigenvalue weighted by atomic mass is 28.4. The zero-order chi connectivity index (χ0) is 35.0. The van der Waals surface area contributed by atoms with E-state index in [4.69, 9.17) is 23.4 Å². The molecule has 1 fully saturated rings. The van der Waals surface area contributed by atoms with E-state index in [0.717, 1.165) is 28.2 Å². The second-order valence-electron chi connectivity index (χ2n) is 13.9. The highest BCUT2D eigenvalue weighted by molar-refractivity contribution is 6.74. The molecule has 1 saturated heterocycles. The van der Waals surface area contributed by atoms with Gasteiger partial charge in [-0.05, 0) is 65.2 Å². The summed E-state index contributed by atoms with van der Waals surface area (Å²) in [5, 5.41) is 11.9. The molecule has 0 spiro atoms. The first-order chi connectivity index (χ1) is 23.4. The summed E-state index contributed by atoms with van der Waals surface area (Å²) in [6.07, 6.45) is -0.273. The van der Waals surface area contributed by atoms with E-state index in [9.17, 15) is 9.90 Å². The maximum absolute atomic E-state index is 12.5. The number of methoxy groups -OCH3 is 2. The lowest BCUT2D eigenvalue weighted by atomic mass is 9.80. The van der Waals surface area contributed by atoms with Crippen LogP contribution in [0.5, 0.6) is 11.5 Å². The number of H-pyrrole nitrogens is 1. The molecule has 3 heterocycles. The first kappa shape index (κ1) is 34.6. The maximum Gasteiger partial charge on any atom is 0.276 e. The van der Waals surface area contributed by atoms with Crippen molar-refractivity contribution in [2.75, 3.05) is 20.8 Å². The third-order valence-electron chi connectivity index (χ3n) is 9.96. The average Bonchev–Trinajstić information content (AvgIpc) is 3.66. The van der Waals surface area contributed by atoms with Crippen LogP contribution in [0.4, 0.5) is 0 Å². The number of aromatic nitrogens is 3. The fourth-order valence-electron chi connectivity index (χ4n) is 6.21. The predicted molar refractivity (Wildman–Crippen MR) is 191 cm³/mol. The summed E-state index contributed by atoms with van der Waals surface area (Å²) < 4.78 is 33.6. The number of nitrogens with one attached hydrogen (secondary N) is 1. The van der Waals surface area contributed by atoms with Gasteiger partial charge in [0.25, 0.3) is 5.56 Å². The van der Waals surface area contributed by atoms with Crippen LogP contribution in [0.3, 0.4) is 0 Å². The summed E-state index contributed by atoms with van der Waals surface area (Å²) in [6.45, 7) is 10.8. The summed E-state index contributed by atoms with van der Waals surface area (Å²) in [6, 6.07) is 27.5. The van der Waals surface area contributed by atoms with Crippen LogP contribution in [0.15, 0.2) is 102 Å². The molecule has 1 aliphatic rings. The fourth-order valence-corrected chi connectivity index (χ4v) is 7.53. The number of aliphatic hydroxyl groups excluding tert-OH is 1. The van der Waals surface area contributed by atoms with E-state index in [1.165, 1.54) is 6.33 Å². The van der Waals surface area contributed by atoms with E-state index in [0.29, 0.717) is 5.52 Å². The lowest BCUT2D eigenvalue weighted by molar-refractivity contribution is -0.0929. The van der Waals surface area contributed by atoms with E-state index >= 15 is 0 Å². The molecule has 4 atom stereocenters. The molecule has 2 aromatic heterocycles. The molecule has 0 unspecified atom stereocenters. The Labute approximate surface area is 287 Å². The van der Waals surface area contributed by atoms with Crippen molar-refractivity contribution in [2.24, 2.45) is 0 Å². The van der Waals surface area contributed by atoms with Crippen molar-refractivity contribution in [3.05, 3.63) is 124 Å². The summed E-state index contributed by atoms with van der Waals surface area (Å²) in [5.74, 6) is 1.44. The largest absolute Gasteiger partial charge is 0.497 e. The smallest absolute Gasteiger partial charge is 0.276 e. The number of fused-ring (bicyclic) bond motifs is 1. The van der Waals surface area contributed by atoms with Crippen molar-refractivity contribution < 1.29 is 28.5 Å². The fraction of sp³-hybridized carbons (Fsp3) is 0.368. The van der Waals surface area contributed by atoms with E-state index in [2.05, 4.69) is 43.8 Å². The quantitative estimate of drug-likeness (QED) is 0.121. The van der Waals surface area contributed by atoms with Gasteiger partial charge in [0.15, 0.2) is 20.1 Å². The standard InChI is InChI=1S/C38H45N3O7Si/c1-37(2,3)49(6,7)48-34-31(47-36(33(34)42)41-24-40-32-30(41)21-22-39-35(32)43)23-46-38(25-11-9-8-10-12-25,26-13-17-28(44-4)18-14-26)27-15-19-29(45-5)20-16-27/h8-22,24,31,33-34,36,42H,23H2,1-7H3,(H,39,43)/t31-,33-,34-,36-/m1/s1. The Bertz CT molecular complexity index is 1870. The summed E-state index contributed by atoms with van der Waals surface area (Å²) in [4.78, 5) is 19.5. The minimum absolute atomic E-state index is 0.0625. The van der Waals surface area contributed by atoms with E-state index in [-0.39, 0.29) is 22.7 Å². The van der Waals surface area contributed by atoms with Crippen LogP contribution < -0.4 is 15.0 Å². The summed E-state index contributed by atoms with van der Waals surface area (Å²) in [7, 11) is 0.858. The van der Waals surface area contributed by atoms with Gasteiger partial charge in [-0.3, -0.25) is 4.79 Å². The molecule has 0 saturated carbocycles. The molecule has 0 radical (unpaired) electrons. The minimum Gasteiger partial charge on any atom is -0.497 e. The molecule has 5 aromatic rings. The Morgan fingerprint density at radius 1 is 0.878 bits per heavy atom. The molecule has 1 aliphatic heterocycles. The number of aromatic amines is 1. The topological polar surface area (TPSA) is 117 Å². The van der Waals surface area contributed by atoms with E-state index in [1.54, 1.807) is 31.0 Å². The number of nitrogens with zero attached hydrogens (tertiary/aromatic N) is 2. The van der Waals surface area contributed by atoms with E-state index < -0.39 is 38.5 Å². The molecule has 0 aliphatic carbocycles. The van der Waals surface area contributed by atoms with Crippen molar-refractivity contribution in [1.29, 1.82) is 0 Å². The van der Waals surface area contributed by atoms with Crippen LogP contribution in [0, 0.1) is 0 Å². The Hall–Kier alpha value is -4.26. The Morgan fingerprint density at radius 3 is 2.00 bits per heavy atom. The van der Waals surface area contributed by atoms with Crippen LogP contribution in [0.25, 0.3) is 11.0 Å². The predicted octanol–water partition coefficient (Wildman–Crippen LogP) is 6.40. The number of pyridine rings is 1. The number of ether oxygens (including phenoxy) is 4. The van der Waals surface area contributed by atoms with Crippen LogP contribution >= 0.6 is 0 Å². The molecule has 0 bridgehead atoms. The van der Waals surface area contributed by atoms with Gasteiger partial charge in [-0.1, -0.05) is 75.4 Å². The third-order valence-corrected chi connectivity index (χ3v) is 14.4. The molecule has 3 aromatic carbocycles. The van der Waals surface area contributed by atoms with Gasteiger partial charge in [0.2, 0.25) is 0 Å². The first-order valence-electron chi connectivity index (χ1n) is 16.4. The summed E-state index contributed by atoms with van der Waals surface area (Å²) >= 11 is 0. The first-order valence-corrected chi connectivity index (χ1v) is 19.3. The SMILES string of the molecule is COc1ccc(C(OC[C@H]2O[C@@H](n3cnc4c(=O)[nH]ccc43)[C@H](O)[C@@H]2O[Si](C)(C)C(C)(C)C)(c2ccccc2)c2ccc(OC)cc2)cc1. The monoisotopic (exact) mass is 683 g/mol. The Morgan fingerprint density at radius 2 is 1.45 bits per heavy atom. The number of rotatable bonds is 11. The second kappa shape index (κ2) is 13.6. The molecule has 49 heavy (non-hydrogen) atoms. The second-order valence-corrected chi connectivity index (χ2v) is 18.7. The van der Waals surface area contributed by atoms with Crippen LogP contribution in [-0.4, -0.2) is 67.1 Å². The maximum atomic E-state index is 12.5. The summed E-state index contributed by atoms with van der Waals surface area (Å²) in [5.41, 5.74) is 2.06. The van der Waals surface area contributed by atoms with Crippen molar-refractivity contribution in [3.8, 4) is 11.5 Å². The molecule has 10 nitrogen and oxygen atoms in total. The number of aliphatic hydroxyl groups is 1. The number of benzene rings is 3. The normalized spacial score (nSPS) is 20.1. The molecular weight excluding hydrogens is 639 g/mol. The average molecular weight is 684 g/mol. The Balaban J connectivity index is 1.46. The molecule has 0 amide bonds. The number of imidazole rings is 1. The zero-order valence-corrected chi connectivity index (χ0v) is 30.0. The lowest BCUT2D eigenvalue weighted by Crippen LogP contribution is -2.50. The lowest BCUT2D eigenvalue weighted by Gasteiger charge is -2.41. The van der Waals surface area contributed by atoms with E-state index in [1.807, 2.05) is 78.9 Å². The van der Waals surface area contributed by atoms with Gasteiger partial charge in [0.1, 0.15) is 35.4 Å². The van der Waals surface area contributed by atoms with Gasteiger partial charge < -0.3 is 38.0 Å². The Kier molecular flexibility index (Phi) is 9.58. The third kappa shape index (κ3) is 6.44. The molecular formula is C38H45N3O7Si. The van der Waals surface area contributed by atoms with Crippen molar-refractivity contribution in [1.82, 2.24) is 14.5 Å². The van der Waals surface area contributed by atoms with Crippen LogP contribution in [0.1, 0.15) is 43.7 Å². The highest BCUT2D eigenvalue weighted by Gasteiger charge is 2.51. The van der Waals surface area contributed by atoms with Gasteiger partial charge in [0.05, 0.1) is 32.7 Å². The number of hydrogen-bond donors (Lipinski definition) is 2. The minimum atomic E-state index is -2.42. The zero-order valence-electron chi connectivity index (χ0n) is 29.0. The molecule has 258 valence electrons. The molecule has 2 N–H and O–H groups in total. The van der Waals surface area contributed by atoms with Gasteiger partial charge in [0, 0.05) is 6.20 Å². The molecule has 6 rings (SSSR count). The van der Waals surface area contributed by atoms with Gasteiger partial charge in [-0.15, -0.1) is 0 Å². The van der Waals surface area contributed by atoms with Gasteiger partial charge in [-0.2, -0.15) is 0 Å². The van der Waals surface area contributed by atoms with Crippen LogP contribution in [-0.2, 0) is 19.5 Å².